The van der Waals surface area contributed by atoms with Crippen molar-refractivity contribution in [1.29, 1.82) is 0 Å². The molecule has 144 valence electrons. The van der Waals surface area contributed by atoms with E-state index in [0.717, 1.165) is 38.5 Å². The first-order valence-corrected chi connectivity index (χ1v) is 10.5. The zero-order valence-corrected chi connectivity index (χ0v) is 16.6. The first-order valence-electron chi connectivity index (χ1n) is 10.5. The third-order valence-electron chi connectivity index (χ3n) is 5.76. The van der Waals surface area contributed by atoms with Crippen molar-refractivity contribution in [2.24, 2.45) is 23.7 Å². The van der Waals surface area contributed by atoms with Crippen molar-refractivity contribution < 1.29 is 9.90 Å². The molecule has 1 aliphatic carbocycles. The van der Waals surface area contributed by atoms with Gasteiger partial charge in [0, 0.05) is 18.9 Å². The lowest BCUT2D eigenvalue weighted by Gasteiger charge is -2.16. The van der Waals surface area contributed by atoms with Gasteiger partial charge in [0.1, 0.15) is 5.78 Å². The van der Waals surface area contributed by atoms with E-state index < -0.39 is 0 Å². The molecule has 0 aliphatic heterocycles. The summed E-state index contributed by atoms with van der Waals surface area (Å²) in [6, 6.07) is 0. The molecule has 1 rings (SSSR count). The summed E-state index contributed by atoms with van der Waals surface area (Å²) in [7, 11) is 0. The Labute approximate surface area is 155 Å². The molecule has 0 heterocycles. The lowest BCUT2D eigenvalue weighted by molar-refractivity contribution is -0.121. The van der Waals surface area contributed by atoms with E-state index >= 15 is 0 Å². The quantitative estimate of drug-likeness (QED) is 0.304. The number of carbonyl (C=O) groups is 1. The van der Waals surface area contributed by atoms with E-state index in [4.69, 9.17) is 5.11 Å². The van der Waals surface area contributed by atoms with Crippen molar-refractivity contribution in [3.8, 4) is 0 Å². The molecule has 0 aromatic rings. The molecule has 0 aromatic carbocycles. The van der Waals surface area contributed by atoms with Gasteiger partial charge in [0.2, 0.25) is 0 Å². The average Bonchev–Trinajstić information content (AvgIpc) is 2.97. The number of rotatable bonds is 14. The molecular formula is C23H40O2. The summed E-state index contributed by atoms with van der Waals surface area (Å²) in [5.41, 5.74) is 0. The van der Waals surface area contributed by atoms with Crippen LogP contribution in [0.3, 0.4) is 0 Å². The minimum absolute atomic E-state index is 0.254. The zero-order chi connectivity index (χ0) is 18.5. The molecule has 0 amide bonds. The Balaban J connectivity index is 2.33. The van der Waals surface area contributed by atoms with Crippen LogP contribution in [0, 0.1) is 23.7 Å². The van der Waals surface area contributed by atoms with Gasteiger partial charge in [0.25, 0.3) is 0 Å². The first kappa shape index (κ1) is 22.2. The van der Waals surface area contributed by atoms with Gasteiger partial charge in [0.15, 0.2) is 0 Å². The number of Topliss-reactive ketones (excluding diaryl/α,β-unsaturated/α-hetero) is 1. The summed E-state index contributed by atoms with van der Waals surface area (Å²) in [6.45, 7) is 8.58. The number of carbonyl (C=O) groups excluding carboxylic acids is 1. The van der Waals surface area contributed by atoms with Crippen LogP contribution in [0.15, 0.2) is 24.8 Å². The minimum atomic E-state index is 0.254. The molecule has 2 unspecified atom stereocenters. The van der Waals surface area contributed by atoms with Gasteiger partial charge in [0.05, 0.1) is 0 Å². The molecule has 4 atom stereocenters. The van der Waals surface area contributed by atoms with Gasteiger partial charge < -0.3 is 5.11 Å². The Kier molecular flexibility index (Phi) is 11.8. The van der Waals surface area contributed by atoms with Gasteiger partial charge in [-0.15, -0.1) is 6.58 Å². The van der Waals surface area contributed by atoms with E-state index in [1.165, 1.54) is 32.1 Å². The molecule has 0 saturated heterocycles. The fraction of sp³-hybridized carbons (Fsp3) is 0.783. The Morgan fingerprint density at radius 3 is 2.72 bits per heavy atom. The van der Waals surface area contributed by atoms with E-state index in [0.29, 0.717) is 23.5 Å². The number of hydrogen-bond donors (Lipinski definition) is 1. The van der Waals surface area contributed by atoms with Crippen LogP contribution in [0.25, 0.3) is 0 Å². The highest BCUT2D eigenvalue weighted by molar-refractivity contribution is 5.83. The minimum Gasteiger partial charge on any atom is -0.396 e. The summed E-state index contributed by atoms with van der Waals surface area (Å²) in [6.07, 6.45) is 19.0. The summed E-state index contributed by atoms with van der Waals surface area (Å²) < 4.78 is 0. The second kappa shape index (κ2) is 13.3. The maximum atomic E-state index is 12.2. The maximum Gasteiger partial charge on any atom is 0.136 e. The molecule has 0 bridgehead atoms. The van der Waals surface area contributed by atoms with Crippen LogP contribution in [-0.2, 0) is 4.79 Å². The molecule has 1 saturated carbocycles. The van der Waals surface area contributed by atoms with Crippen LogP contribution in [0.4, 0.5) is 0 Å². The number of ketones is 1. The second-order valence-corrected chi connectivity index (χ2v) is 8.00. The van der Waals surface area contributed by atoms with Crippen LogP contribution in [0.5, 0.6) is 0 Å². The largest absolute Gasteiger partial charge is 0.396 e. The van der Waals surface area contributed by atoms with Crippen LogP contribution in [0.2, 0.25) is 0 Å². The molecule has 0 radical (unpaired) electrons. The van der Waals surface area contributed by atoms with Crippen LogP contribution in [-0.4, -0.2) is 17.5 Å². The van der Waals surface area contributed by atoms with E-state index in [-0.39, 0.29) is 12.5 Å². The van der Waals surface area contributed by atoms with Crippen molar-refractivity contribution in [3.63, 3.8) is 0 Å². The normalized spacial score (nSPS) is 23.2. The van der Waals surface area contributed by atoms with Gasteiger partial charge in [-0.05, 0) is 49.9 Å². The number of unbranched alkanes of at least 4 members (excludes halogenated alkanes) is 3. The van der Waals surface area contributed by atoms with E-state index in [1.54, 1.807) is 0 Å². The maximum absolute atomic E-state index is 12.2. The van der Waals surface area contributed by atoms with Crippen molar-refractivity contribution in [3.05, 3.63) is 24.8 Å². The fourth-order valence-corrected chi connectivity index (χ4v) is 3.89. The van der Waals surface area contributed by atoms with Gasteiger partial charge in [-0.2, -0.15) is 0 Å². The predicted molar refractivity (Wildman–Crippen MR) is 108 cm³/mol. The van der Waals surface area contributed by atoms with Crippen molar-refractivity contribution >= 4 is 5.78 Å². The number of aliphatic hydroxyl groups is 1. The fourth-order valence-electron chi connectivity index (χ4n) is 3.89. The number of aliphatic hydroxyl groups excluding tert-OH is 1. The lowest BCUT2D eigenvalue weighted by atomic mass is 9.88. The summed E-state index contributed by atoms with van der Waals surface area (Å²) in [5, 5.41) is 9.06. The van der Waals surface area contributed by atoms with Crippen LogP contribution < -0.4 is 0 Å². The van der Waals surface area contributed by atoms with E-state index in [9.17, 15) is 4.79 Å². The summed E-state index contributed by atoms with van der Waals surface area (Å²) in [5.74, 6) is 2.18. The third kappa shape index (κ3) is 8.85. The lowest BCUT2D eigenvalue weighted by Crippen LogP contribution is -2.13. The molecular weight excluding hydrogens is 308 g/mol. The van der Waals surface area contributed by atoms with E-state index in [2.05, 4.69) is 38.7 Å². The Morgan fingerprint density at radius 2 is 2.04 bits per heavy atom. The topological polar surface area (TPSA) is 37.3 Å². The molecule has 1 aliphatic rings. The highest BCUT2D eigenvalue weighted by Gasteiger charge is 2.32. The third-order valence-corrected chi connectivity index (χ3v) is 5.76. The second-order valence-electron chi connectivity index (χ2n) is 8.00. The number of hydrogen-bond acceptors (Lipinski definition) is 2. The Hall–Kier alpha value is -0.890. The molecule has 0 spiro atoms. The highest BCUT2D eigenvalue weighted by Crippen LogP contribution is 2.34. The summed E-state index contributed by atoms with van der Waals surface area (Å²) >= 11 is 0. The van der Waals surface area contributed by atoms with Gasteiger partial charge in [-0.1, -0.05) is 64.2 Å². The molecule has 1 N–H and O–H groups in total. The smallest absolute Gasteiger partial charge is 0.136 e. The SMILES string of the molecule is C=CC(CC=C[C@H]1CCC(=O)[C@@H]1CCCCCC(C)CO)CCCC. The standard InChI is InChI=1S/C23H40O2/c1-4-6-12-20(5-2)13-10-14-21-16-17-23(25)22(21)15-9-7-8-11-19(3)18-24/h5,10,14,19-22,24H,2,4,6-9,11-13,15-18H2,1,3H3/t19?,20?,21-,22+/m0/s1. The van der Waals surface area contributed by atoms with Crippen molar-refractivity contribution in [2.45, 2.75) is 84.5 Å². The highest BCUT2D eigenvalue weighted by atomic mass is 16.3. The summed E-state index contributed by atoms with van der Waals surface area (Å²) in [4.78, 5) is 12.2. The van der Waals surface area contributed by atoms with Crippen LogP contribution in [0.1, 0.15) is 84.5 Å². The van der Waals surface area contributed by atoms with Crippen molar-refractivity contribution in [1.82, 2.24) is 0 Å². The van der Waals surface area contributed by atoms with Crippen LogP contribution >= 0.6 is 0 Å². The first-order chi connectivity index (χ1) is 12.1. The molecule has 25 heavy (non-hydrogen) atoms. The zero-order valence-electron chi connectivity index (χ0n) is 16.6. The average molecular weight is 349 g/mol. The van der Waals surface area contributed by atoms with Crippen molar-refractivity contribution in [2.75, 3.05) is 6.61 Å². The van der Waals surface area contributed by atoms with Gasteiger partial charge in [-0.3, -0.25) is 4.79 Å². The Bertz CT molecular complexity index is 399. The predicted octanol–water partition coefficient (Wildman–Crippen LogP) is 6.10. The number of allylic oxidation sites excluding steroid dienone is 3. The monoisotopic (exact) mass is 348 g/mol. The van der Waals surface area contributed by atoms with Gasteiger partial charge in [-0.25, -0.2) is 0 Å². The molecule has 1 fully saturated rings. The van der Waals surface area contributed by atoms with E-state index in [1.807, 2.05) is 0 Å². The van der Waals surface area contributed by atoms with Gasteiger partial charge >= 0.3 is 0 Å². The molecule has 2 heteroatoms. The molecule has 2 nitrogen and oxygen atoms in total. The molecule has 0 aromatic heterocycles. The Morgan fingerprint density at radius 1 is 1.24 bits per heavy atom.